The molecule has 0 saturated carbocycles. The summed E-state index contributed by atoms with van der Waals surface area (Å²) >= 11 is 0. The molecule has 7 heteroatoms. The van der Waals surface area contributed by atoms with Crippen molar-refractivity contribution in [3.63, 3.8) is 0 Å². The fourth-order valence-corrected chi connectivity index (χ4v) is 2.96. The molecule has 0 amide bonds. The molecule has 29 heavy (non-hydrogen) atoms. The molecule has 1 fully saturated rings. The second-order valence-corrected chi connectivity index (χ2v) is 7.20. The highest BCUT2D eigenvalue weighted by Gasteiger charge is 2.14. The summed E-state index contributed by atoms with van der Waals surface area (Å²) in [4.78, 5) is 20.7. The first kappa shape index (κ1) is 24.7. The number of piperidine rings is 1. The number of hydrogen-bond donors (Lipinski definition) is 2. The second-order valence-electron chi connectivity index (χ2n) is 7.20. The Morgan fingerprint density at radius 2 is 1.83 bits per heavy atom. The summed E-state index contributed by atoms with van der Waals surface area (Å²) in [6, 6.07) is 6.29. The summed E-state index contributed by atoms with van der Waals surface area (Å²) < 4.78 is 11.6. The lowest BCUT2D eigenvalue weighted by molar-refractivity contribution is -0.159. The summed E-state index contributed by atoms with van der Waals surface area (Å²) in [6.45, 7) is 13.8. The molecule has 1 aliphatic heterocycles. The number of hydrogen-bond acceptors (Lipinski definition) is 5. The average Bonchev–Trinajstić information content (AvgIpc) is 2.68. The zero-order chi connectivity index (χ0) is 21.6. The molecule has 0 aromatic heterocycles. The van der Waals surface area contributed by atoms with Crippen LogP contribution in [0.15, 0.2) is 30.9 Å². The molecule has 0 radical (unpaired) electrons. The molecule has 0 bridgehead atoms. The maximum atomic E-state index is 9.10. The van der Waals surface area contributed by atoms with Gasteiger partial charge < -0.3 is 24.6 Å². The number of aryl methyl sites for hydroxylation is 1. The Morgan fingerprint density at radius 1 is 1.17 bits per heavy atom. The average molecular weight is 408 g/mol. The van der Waals surface area contributed by atoms with Gasteiger partial charge in [0.05, 0.1) is 13.2 Å². The Bertz CT molecular complexity index is 641. The number of aliphatic carboxylic acids is 2. The quantitative estimate of drug-likeness (QED) is 0.369. The molecule has 0 unspecified atom stereocenters. The minimum atomic E-state index is -1.82. The van der Waals surface area contributed by atoms with Gasteiger partial charge in [-0.25, -0.2) is 9.59 Å². The third-order valence-electron chi connectivity index (χ3n) is 4.68. The number of benzene rings is 1. The Hall–Kier alpha value is -2.38. The van der Waals surface area contributed by atoms with Crippen LogP contribution in [-0.2, 0) is 20.7 Å². The molecular weight excluding hydrogens is 374 g/mol. The minimum Gasteiger partial charge on any atom is -0.491 e. The van der Waals surface area contributed by atoms with Crippen molar-refractivity contribution >= 4 is 11.9 Å². The molecule has 0 aliphatic carbocycles. The van der Waals surface area contributed by atoms with Crippen LogP contribution in [0.3, 0.4) is 0 Å². The number of allylic oxidation sites excluding steroid dienone is 1. The van der Waals surface area contributed by atoms with Crippen LogP contribution in [0.5, 0.6) is 5.75 Å². The van der Waals surface area contributed by atoms with Gasteiger partial charge in [0, 0.05) is 6.54 Å². The number of likely N-dealkylation sites (tertiary alicyclic amines) is 1. The van der Waals surface area contributed by atoms with E-state index in [1.165, 1.54) is 37.1 Å². The van der Waals surface area contributed by atoms with Crippen molar-refractivity contribution in [2.45, 2.75) is 33.1 Å². The zero-order valence-corrected chi connectivity index (χ0v) is 17.4. The molecule has 0 spiro atoms. The van der Waals surface area contributed by atoms with Crippen LogP contribution in [-0.4, -0.2) is 66.5 Å². The molecule has 162 valence electrons. The fourth-order valence-electron chi connectivity index (χ4n) is 2.96. The molecule has 1 aliphatic rings. The predicted molar refractivity (Wildman–Crippen MR) is 112 cm³/mol. The Morgan fingerprint density at radius 3 is 2.41 bits per heavy atom. The van der Waals surface area contributed by atoms with Gasteiger partial charge in [0.15, 0.2) is 0 Å². The van der Waals surface area contributed by atoms with Gasteiger partial charge in [0.1, 0.15) is 12.4 Å². The van der Waals surface area contributed by atoms with Crippen LogP contribution < -0.4 is 4.74 Å². The van der Waals surface area contributed by atoms with Crippen molar-refractivity contribution in [2.24, 2.45) is 5.92 Å². The van der Waals surface area contributed by atoms with Gasteiger partial charge in [0.2, 0.25) is 0 Å². The smallest absolute Gasteiger partial charge is 0.414 e. The van der Waals surface area contributed by atoms with Crippen LogP contribution in [0.1, 0.15) is 30.9 Å². The van der Waals surface area contributed by atoms with Crippen molar-refractivity contribution in [1.29, 1.82) is 0 Å². The molecule has 1 aromatic rings. The summed E-state index contributed by atoms with van der Waals surface area (Å²) in [5.74, 6) is -1.81. The Labute approximate surface area is 172 Å². The van der Waals surface area contributed by atoms with Crippen molar-refractivity contribution in [1.82, 2.24) is 4.90 Å². The number of nitrogens with zero attached hydrogens (tertiary/aromatic N) is 1. The molecule has 2 N–H and O–H groups in total. The van der Waals surface area contributed by atoms with Gasteiger partial charge >= 0.3 is 11.9 Å². The fraction of sp³-hybridized carbons (Fsp3) is 0.545. The van der Waals surface area contributed by atoms with E-state index in [2.05, 4.69) is 37.5 Å². The normalized spacial score (nSPS) is 14.6. The highest BCUT2D eigenvalue weighted by atomic mass is 16.5. The van der Waals surface area contributed by atoms with E-state index in [-0.39, 0.29) is 0 Å². The number of carboxylic acids is 2. The number of carbonyl (C=O) groups is 2. The molecule has 7 nitrogen and oxygen atoms in total. The summed E-state index contributed by atoms with van der Waals surface area (Å²) in [6.07, 6.45) is 5.40. The maximum Gasteiger partial charge on any atom is 0.414 e. The predicted octanol–water partition coefficient (Wildman–Crippen LogP) is 3.01. The number of rotatable bonds is 9. The SMILES string of the molecule is C=CCc1cc(C)ccc1OCCOCCN1CCC(C)CC1.O=C(O)C(=O)O. The summed E-state index contributed by atoms with van der Waals surface area (Å²) in [7, 11) is 0. The third-order valence-corrected chi connectivity index (χ3v) is 4.68. The standard InChI is InChI=1S/C20H31NO2.C2H2O4/c1-4-5-19-16-18(3)6-7-20(19)23-15-14-22-13-12-21-10-8-17(2)9-11-21;3-1(4)2(5)6/h4,6-7,16-17H,1,5,8-15H2,2-3H3;(H,3,4)(H,5,6). The van der Waals surface area contributed by atoms with Crippen molar-refractivity contribution < 1.29 is 29.3 Å². The molecule has 1 heterocycles. The van der Waals surface area contributed by atoms with E-state index in [9.17, 15) is 0 Å². The van der Waals surface area contributed by atoms with Gasteiger partial charge in [-0.15, -0.1) is 6.58 Å². The van der Waals surface area contributed by atoms with Gasteiger partial charge in [0.25, 0.3) is 0 Å². The molecule has 1 saturated heterocycles. The van der Waals surface area contributed by atoms with Crippen molar-refractivity contribution in [3.05, 3.63) is 42.0 Å². The van der Waals surface area contributed by atoms with E-state index in [1.807, 2.05) is 12.1 Å². The van der Waals surface area contributed by atoms with Crippen LogP contribution >= 0.6 is 0 Å². The Kier molecular flexibility index (Phi) is 11.7. The molecular formula is C22H33NO6. The lowest BCUT2D eigenvalue weighted by atomic mass is 9.99. The number of carboxylic acid groups (broad SMARTS) is 2. The van der Waals surface area contributed by atoms with Crippen LogP contribution in [0.25, 0.3) is 0 Å². The van der Waals surface area contributed by atoms with E-state index >= 15 is 0 Å². The van der Waals surface area contributed by atoms with Crippen molar-refractivity contribution in [3.8, 4) is 5.75 Å². The molecule has 0 atom stereocenters. The third kappa shape index (κ3) is 10.7. The van der Waals surface area contributed by atoms with Crippen LogP contribution in [0, 0.1) is 12.8 Å². The van der Waals surface area contributed by atoms with Crippen LogP contribution in [0.2, 0.25) is 0 Å². The lowest BCUT2D eigenvalue weighted by Gasteiger charge is -2.29. The van der Waals surface area contributed by atoms with Crippen molar-refractivity contribution in [2.75, 3.05) is 39.5 Å². The lowest BCUT2D eigenvalue weighted by Crippen LogP contribution is -2.35. The van der Waals surface area contributed by atoms with E-state index in [1.54, 1.807) is 0 Å². The van der Waals surface area contributed by atoms with Gasteiger partial charge in [-0.3, -0.25) is 0 Å². The van der Waals surface area contributed by atoms with Gasteiger partial charge in [-0.2, -0.15) is 0 Å². The first-order valence-corrected chi connectivity index (χ1v) is 9.93. The summed E-state index contributed by atoms with van der Waals surface area (Å²) in [5.41, 5.74) is 2.45. The van der Waals surface area contributed by atoms with E-state index in [0.29, 0.717) is 13.2 Å². The first-order chi connectivity index (χ1) is 13.8. The van der Waals surface area contributed by atoms with Gasteiger partial charge in [-0.05, 0) is 56.8 Å². The second kappa shape index (κ2) is 13.7. The highest BCUT2D eigenvalue weighted by molar-refractivity contribution is 6.27. The Balaban J connectivity index is 0.000000612. The molecule has 2 rings (SSSR count). The largest absolute Gasteiger partial charge is 0.491 e. The topological polar surface area (TPSA) is 96.3 Å². The van der Waals surface area contributed by atoms with Gasteiger partial charge in [-0.1, -0.05) is 30.7 Å². The van der Waals surface area contributed by atoms with Crippen LogP contribution in [0.4, 0.5) is 0 Å². The van der Waals surface area contributed by atoms with E-state index in [0.717, 1.165) is 31.2 Å². The highest BCUT2D eigenvalue weighted by Crippen LogP contribution is 2.21. The summed E-state index contributed by atoms with van der Waals surface area (Å²) in [5, 5.41) is 14.8. The van der Waals surface area contributed by atoms with E-state index < -0.39 is 11.9 Å². The molecule has 1 aromatic carbocycles. The maximum absolute atomic E-state index is 9.10. The monoisotopic (exact) mass is 407 g/mol. The zero-order valence-electron chi connectivity index (χ0n) is 17.4. The minimum absolute atomic E-state index is 0.601. The van der Waals surface area contributed by atoms with E-state index in [4.69, 9.17) is 29.3 Å². The number of ether oxygens (including phenoxy) is 2. The first-order valence-electron chi connectivity index (χ1n) is 9.93.